The minimum absolute atomic E-state index is 0.568. The molecule has 2 aromatic rings. The molecule has 0 amide bonds. The van der Waals surface area contributed by atoms with Gasteiger partial charge in [-0.05, 0) is 36.8 Å². The summed E-state index contributed by atoms with van der Waals surface area (Å²) in [6.45, 7) is 7.72. The highest BCUT2D eigenvalue weighted by atomic mass is 16.5. The van der Waals surface area contributed by atoms with Gasteiger partial charge in [0.25, 0.3) is 0 Å². The van der Waals surface area contributed by atoms with E-state index in [0.717, 1.165) is 55.1 Å². The SMILES string of the molecule is CC(C)CNc1cc(-c2ccc(N(C)CCOCC3CC3)nc2)ncn1. The van der Waals surface area contributed by atoms with Gasteiger partial charge in [-0.2, -0.15) is 0 Å². The van der Waals surface area contributed by atoms with E-state index in [0.29, 0.717) is 5.92 Å². The molecule has 0 aliphatic heterocycles. The van der Waals surface area contributed by atoms with Gasteiger partial charge in [-0.3, -0.25) is 0 Å². The van der Waals surface area contributed by atoms with Gasteiger partial charge in [-0.25, -0.2) is 15.0 Å². The topological polar surface area (TPSA) is 63.2 Å². The smallest absolute Gasteiger partial charge is 0.129 e. The van der Waals surface area contributed by atoms with E-state index < -0.39 is 0 Å². The molecular formula is C20H29N5O. The van der Waals surface area contributed by atoms with Crippen LogP contribution in [0.25, 0.3) is 11.3 Å². The Morgan fingerprint density at radius 1 is 1.23 bits per heavy atom. The van der Waals surface area contributed by atoms with Crippen LogP contribution >= 0.6 is 0 Å². The van der Waals surface area contributed by atoms with Gasteiger partial charge in [0.1, 0.15) is 18.0 Å². The number of nitrogens with one attached hydrogen (secondary N) is 1. The molecule has 0 radical (unpaired) electrons. The van der Waals surface area contributed by atoms with Crippen molar-refractivity contribution in [3.05, 3.63) is 30.7 Å². The Morgan fingerprint density at radius 3 is 2.77 bits per heavy atom. The summed E-state index contributed by atoms with van der Waals surface area (Å²) in [6, 6.07) is 6.05. The molecule has 1 aliphatic rings. The van der Waals surface area contributed by atoms with Crippen LogP contribution in [-0.4, -0.2) is 48.3 Å². The molecule has 1 N–H and O–H groups in total. The molecular weight excluding hydrogens is 326 g/mol. The summed E-state index contributed by atoms with van der Waals surface area (Å²) in [5.74, 6) is 3.16. The summed E-state index contributed by atoms with van der Waals surface area (Å²) in [6.07, 6.45) is 6.12. The Morgan fingerprint density at radius 2 is 2.08 bits per heavy atom. The molecule has 0 aromatic carbocycles. The van der Waals surface area contributed by atoms with E-state index in [4.69, 9.17) is 4.74 Å². The van der Waals surface area contributed by atoms with Crippen molar-refractivity contribution in [3.63, 3.8) is 0 Å². The number of ether oxygens (including phenoxy) is 1. The number of anilines is 2. The average molecular weight is 355 g/mol. The van der Waals surface area contributed by atoms with Gasteiger partial charge in [0.15, 0.2) is 0 Å². The Bertz CT molecular complexity index is 685. The number of pyridine rings is 1. The van der Waals surface area contributed by atoms with Crippen LogP contribution in [0.2, 0.25) is 0 Å². The lowest BCUT2D eigenvalue weighted by molar-refractivity contribution is 0.131. The van der Waals surface area contributed by atoms with Crippen LogP contribution in [0.3, 0.4) is 0 Å². The van der Waals surface area contributed by atoms with Crippen LogP contribution in [-0.2, 0) is 4.74 Å². The molecule has 3 rings (SSSR count). The Hall–Kier alpha value is -2.21. The van der Waals surface area contributed by atoms with Crippen LogP contribution in [0.4, 0.5) is 11.6 Å². The molecule has 0 bridgehead atoms. The molecule has 1 saturated carbocycles. The maximum absolute atomic E-state index is 5.70. The van der Waals surface area contributed by atoms with Crippen molar-refractivity contribution in [2.24, 2.45) is 11.8 Å². The minimum Gasteiger partial charge on any atom is -0.379 e. The van der Waals surface area contributed by atoms with Gasteiger partial charge in [-0.1, -0.05) is 13.8 Å². The summed E-state index contributed by atoms with van der Waals surface area (Å²) in [7, 11) is 2.04. The second-order valence-electron chi connectivity index (χ2n) is 7.41. The Labute approximate surface area is 156 Å². The van der Waals surface area contributed by atoms with Crippen molar-refractivity contribution in [1.82, 2.24) is 15.0 Å². The molecule has 0 saturated heterocycles. The lowest BCUT2D eigenvalue weighted by Gasteiger charge is -2.18. The van der Waals surface area contributed by atoms with E-state index in [1.165, 1.54) is 12.8 Å². The predicted molar refractivity (Wildman–Crippen MR) is 105 cm³/mol. The van der Waals surface area contributed by atoms with E-state index in [9.17, 15) is 0 Å². The fraction of sp³-hybridized carbons (Fsp3) is 0.550. The zero-order chi connectivity index (χ0) is 18.4. The molecule has 6 nitrogen and oxygen atoms in total. The lowest BCUT2D eigenvalue weighted by Crippen LogP contribution is -2.23. The van der Waals surface area contributed by atoms with Crippen molar-refractivity contribution in [1.29, 1.82) is 0 Å². The van der Waals surface area contributed by atoms with Crippen molar-refractivity contribution >= 4 is 11.6 Å². The summed E-state index contributed by atoms with van der Waals surface area (Å²) >= 11 is 0. The maximum Gasteiger partial charge on any atom is 0.129 e. The van der Waals surface area contributed by atoms with Crippen LogP contribution in [0, 0.1) is 11.8 Å². The number of hydrogen-bond acceptors (Lipinski definition) is 6. The number of nitrogens with zero attached hydrogens (tertiary/aromatic N) is 4. The standard InChI is InChI=1S/C20H29N5O/c1-15(2)11-21-19-10-18(23-14-24-19)17-6-7-20(22-12-17)25(3)8-9-26-13-16-4-5-16/h6-7,10,12,14-16H,4-5,8-9,11,13H2,1-3H3,(H,21,23,24). The van der Waals surface area contributed by atoms with Gasteiger partial charge in [0, 0.05) is 44.6 Å². The summed E-state index contributed by atoms with van der Waals surface area (Å²) in [5.41, 5.74) is 1.86. The first kappa shape index (κ1) is 18.6. The fourth-order valence-corrected chi connectivity index (χ4v) is 2.53. The predicted octanol–water partition coefficient (Wildman–Crippen LogP) is 3.47. The molecule has 0 atom stereocenters. The monoisotopic (exact) mass is 355 g/mol. The Kier molecular flexibility index (Phi) is 6.39. The fourth-order valence-electron chi connectivity index (χ4n) is 2.53. The van der Waals surface area contributed by atoms with Gasteiger partial charge < -0.3 is 15.0 Å². The summed E-state index contributed by atoms with van der Waals surface area (Å²) < 4.78 is 5.70. The quantitative estimate of drug-likeness (QED) is 0.659. The number of likely N-dealkylation sites (N-methyl/N-ethyl adjacent to an activating group) is 1. The lowest BCUT2D eigenvalue weighted by atomic mass is 10.2. The van der Waals surface area contributed by atoms with E-state index >= 15 is 0 Å². The normalized spacial score (nSPS) is 13.8. The van der Waals surface area contributed by atoms with Gasteiger partial charge >= 0.3 is 0 Å². The first-order valence-electron chi connectivity index (χ1n) is 9.43. The molecule has 26 heavy (non-hydrogen) atoms. The molecule has 2 heterocycles. The molecule has 140 valence electrons. The molecule has 2 aromatic heterocycles. The van der Waals surface area contributed by atoms with Gasteiger partial charge in [0.05, 0.1) is 12.3 Å². The highest BCUT2D eigenvalue weighted by Crippen LogP contribution is 2.28. The first-order chi connectivity index (χ1) is 12.6. The molecule has 0 spiro atoms. The van der Waals surface area contributed by atoms with E-state index in [-0.39, 0.29) is 0 Å². The first-order valence-corrected chi connectivity index (χ1v) is 9.43. The van der Waals surface area contributed by atoms with E-state index in [1.807, 2.05) is 25.4 Å². The van der Waals surface area contributed by atoms with E-state index in [1.54, 1.807) is 6.33 Å². The van der Waals surface area contributed by atoms with Crippen LogP contribution in [0.5, 0.6) is 0 Å². The largest absolute Gasteiger partial charge is 0.379 e. The highest BCUT2D eigenvalue weighted by Gasteiger charge is 2.21. The summed E-state index contributed by atoms with van der Waals surface area (Å²) in [5, 5.41) is 3.33. The zero-order valence-electron chi connectivity index (χ0n) is 16.0. The number of aromatic nitrogens is 3. The maximum atomic E-state index is 5.70. The van der Waals surface area contributed by atoms with Crippen molar-refractivity contribution < 1.29 is 4.74 Å². The van der Waals surface area contributed by atoms with Crippen molar-refractivity contribution in [2.75, 3.05) is 43.6 Å². The number of hydrogen-bond donors (Lipinski definition) is 1. The van der Waals surface area contributed by atoms with Crippen LogP contribution in [0.15, 0.2) is 30.7 Å². The average Bonchev–Trinajstić information content (AvgIpc) is 3.48. The van der Waals surface area contributed by atoms with Crippen molar-refractivity contribution in [3.8, 4) is 11.3 Å². The minimum atomic E-state index is 0.568. The van der Waals surface area contributed by atoms with E-state index in [2.05, 4.69) is 45.1 Å². The summed E-state index contributed by atoms with van der Waals surface area (Å²) in [4.78, 5) is 15.3. The molecule has 6 heteroatoms. The third kappa shape index (κ3) is 5.66. The number of rotatable bonds is 10. The zero-order valence-corrected chi connectivity index (χ0v) is 16.0. The molecule has 1 fully saturated rings. The van der Waals surface area contributed by atoms with Crippen molar-refractivity contribution in [2.45, 2.75) is 26.7 Å². The Balaban J connectivity index is 1.55. The second kappa shape index (κ2) is 8.94. The van der Waals surface area contributed by atoms with Crippen LogP contribution in [0.1, 0.15) is 26.7 Å². The second-order valence-corrected chi connectivity index (χ2v) is 7.41. The molecule has 1 aliphatic carbocycles. The molecule has 0 unspecified atom stereocenters. The van der Waals surface area contributed by atoms with Gasteiger partial charge in [0.2, 0.25) is 0 Å². The highest BCUT2D eigenvalue weighted by molar-refractivity contribution is 5.62. The van der Waals surface area contributed by atoms with Crippen LogP contribution < -0.4 is 10.2 Å². The van der Waals surface area contributed by atoms with Gasteiger partial charge in [-0.15, -0.1) is 0 Å². The third-order valence-corrected chi connectivity index (χ3v) is 4.41. The third-order valence-electron chi connectivity index (χ3n) is 4.41.